The van der Waals surface area contributed by atoms with Crippen LogP contribution in [0.5, 0.6) is 0 Å². The monoisotopic (exact) mass is 384 g/mol. The maximum Gasteiger partial charge on any atom is 0.278 e. The molecule has 5 nitrogen and oxygen atoms in total. The average molecular weight is 385 g/mol. The van der Waals surface area contributed by atoms with Gasteiger partial charge in [0.05, 0.1) is 11.4 Å². The highest BCUT2D eigenvalue weighted by Gasteiger charge is 2.17. The highest BCUT2D eigenvalue weighted by Crippen LogP contribution is 2.18. The normalized spacial score (nSPS) is 10.7. The number of amides is 1. The SMILES string of the molecule is Cc1ccc(NC(=O)c2nnn(-c3ccc(Br)cc3)c2C)cc1C. The average Bonchev–Trinajstić information content (AvgIpc) is 2.93. The molecule has 0 fully saturated rings. The molecule has 0 aliphatic carbocycles. The maximum absolute atomic E-state index is 12.5. The predicted octanol–water partition coefficient (Wildman–Crippen LogP) is 4.21. The van der Waals surface area contributed by atoms with Crippen LogP contribution in [-0.2, 0) is 0 Å². The molecule has 122 valence electrons. The number of aryl methyl sites for hydroxylation is 2. The second kappa shape index (κ2) is 6.57. The molecule has 0 atom stereocenters. The van der Waals surface area contributed by atoms with Crippen molar-refractivity contribution in [1.82, 2.24) is 15.0 Å². The largest absolute Gasteiger partial charge is 0.321 e. The number of anilines is 1. The van der Waals surface area contributed by atoms with Crippen LogP contribution in [0.15, 0.2) is 46.9 Å². The minimum Gasteiger partial charge on any atom is -0.321 e. The molecule has 1 heterocycles. The highest BCUT2D eigenvalue weighted by molar-refractivity contribution is 9.10. The van der Waals surface area contributed by atoms with E-state index in [1.165, 1.54) is 5.56 Å². The van der Waals surface area contributed by atoms with Crippen LogP contribution in [0, 0.1) is 20.8 Å². The van der Waals surface area contributed by atoms with Gasteiger partial charge in [-0.2, -0.15) is 0 Å². The van der Waals surface area contributed by atoms with E-state index in [0.717, 1.165) is 21.4 Å². The Morgan fingerprint density at radius 3 is 2.42 bits per heavy atom. The van der Waals surface area contributed by atoms with Crippen LogP contribution in [0.4, 0.5) is 5.69 Å². The van der Waals surface area contributed by atoms with Gasteiger partial charge in [-0.05, 0) is 68.3 Å². The third-order valence-corrected chi connectivity index (χ3v) is 4.47. The first-order valence-corrected chi connectivity index (χ1v) is 8.32. The molecule has 3 rings (SSSR count). The number of hydrogen-bond donors (Lipinski definition) is 1. The van der Waals surface area contributed by atoms with Crippen LogP contribution >= 0.6 is 15.9 Å². The number of nitrogens with zero attached hydrogens (tertiary/aromatic N) is 3. The molecule has 0 bridgehead atoms. The van der Waals surface area contributed by atoms with Gasteiger partial charge in [-0.3, -0.25) is 4.79 Å². The molecule has 6 heteroatoms. The summed E-state index contributed by atoms with van der Waals surface area (Å²) < 4.78 is 2.64. The van der Waals surface area contributed by atoms with Crippen LogP contribution in [-0.4, -0.2) is 20.9 Å². The fourth-order valence-corrected chi connectivity index (χ4v) is 2.64. The Kier molecular flexibility index (Phi) is 4.49. The van der Waals surface area contributed by atoms with Crippen molar-refractivity contribution in [3.63, 3.8) is 0 Å². The molecule has 1 amide bonds. The Labute approximate surface area is 148 Å². The van der Waals surface area contributed by atoms with Crippen LogP contribution in [0.1, 0.15) is 27.3 Å². The zero-order valence-electron chi connectivity index (χ0n) is 13.7. The lowest BCUT2D eigenvalue weighted by Crippen LogP contribution is -2.14. The zero-order chi connectivity index (χ0) is 17.3. The second-order valence-electron chi connectivity index (χ2n) is 5.66. The fourth-order valence-electron chi connectivity index (χ4n) is 2.38. The van der Waals surface area contributed by atoms with Gasteiger partial charge < -0.3 is 5.32 Å². The maximum atomic E-state index is 12.5. The lowest BCUT2D eigenvalue weighted by molar-refractivity contribution is 0.102. The van der Waals surface area contributed by atoms with Gasteiger partial charge in [0.2, 0.25) is 0 Å². The summed E-state index contributed by atoms with van der Waals surface area (Å²) in [5.41, 5.74) is 4.93. The number of aromatic nitrogens is 3. The van der Waals surface area contributed by atoms with Crippen LogP contribution in [0.2, 0.25) is 0 Å². The summed E-state index contributed by atoms with van der Waals surface area (Å²) in [5, 5.41) is 11.0. The number of rotatable bonds is 3. The second-order valence-corrected chi connectivity index (χ2v) is 6.58. The smallest absolute Gasteiger partial charge is 0.278 e. The van der Waals surface area contributed by atoms with Gasteiger partial charge in [-0.25, -0.2) is 4.68 Å². The van der Waals surface area contributed by atoms with Crippen molar-refractivity contribution < 1.29 is 4.79 Å². The molecular formula is C18H17BrN4O. The highest BCUT2D eigenvalue weighted by atomic mass is 79.9. The molecule has 0 unspecified atom stereocenters. The van der Waals surface area contributed by atoms with E-state index in [1.807, 2.05) is 63.2 Å². The topological polar surface area (TPSA) is 59.8 Å². The standard InChI is InChI=1S/C18H17BrN4O/c1-11-4-7-15(10-12(11)2)20-18(24)17-13(3)23(22-21-17)16-8-5-14(19)6-9-16/h4-10H,1-3H3,(H,20,24). The summed E-state index contributed by atoms with van der Waals surface area (Å²) in [6.07, 6.45) is 0. The van der Waals surface area contributed by atoms with Gasteiger partial charge in [0.25, 0.3) is 5.91 Å². The first-order chi connectivity index (χ1) is 11.5. The summed E-state index contributed by atoms with van der Waals surface area (Å²) in [6, 6.07) is 13.5. The van der Waals surface area contributed by atoms with Gasteiger partial charge in [-0.1, -0.05) is 27.2 Å². The number of hydrogen-bond acceptors (Lipinski definition) is 3. The minimum absolute atomic E-state index is 0.265. The molecule has 0 radical (unpaired) electrons. The number of halogens is 1. The molecule has 3 aromatic rings. The fraction of sp³-hybridized carbons (Fsp3) is 0.167. The molecule has 0 aliphatic heterocycles. The molecule has 0 saturated heterocycles. The van der Waals surface area contributed by atoms with Crippen molar-refractivity contribution in [2.75, 3.05) is 5.32 Å². The van der Waals surface area contributed by atoms with Gasteiger partial charge in [0, 0.05) is 10.2 Å². The van der Waals surface area contributed by atoms with Crippen molar-refractivity contribution in [3.8, 4) is 5.69 Å². The van der Waals surface area contributed by atoms with Crippen LogP contribution in [0.3, 0.4) is 0 Å². The van der Waals surface area contributed by atoms with E-state index in [1.54, 1.807) is 4.68 Å². The van der Waals surface area contributed by atoms with Crippen molar-refractivity contribution in [1.29, 1.82) is 0 Å². The van der Waals surface area contributed by atoms with Crippen LogP contribution < -0.4 is 5.32 Å². The molecule has 0 saturated carbocycles. The van der Waals surface area contributed by atoms with Crippen LogP contribution in [0.25, 0.3) is 5.69 Å². The first-order valence-electron chi connectivity index (χ1n) is 7.52. The summed E-state index contributed by atoms with van der Waals surface area (Å²) in [5.74, 6) is -0.265. The van der Waals surface area contributed by atoms with Gasteiger partial charge in [0.1, 0.15) is 0 Å². The zero-order valence-corrected chi connectivity index (χ0v) is 15.3. The van der Waals surface area contributed by atoms with Gasteiger partial charge >= 0.3 is 0 Å². The summed E-state index contributed by atoms with van der Waals surface area (Å²) in [6.45, 7) is 5.88. The van der Waals surface area contributed by atoms with E-state index in [2.05, 4.69) is 31.6 Å². The summed E-state index contributed by atoms with van der Waals surface area (Å²) in [7, 11) is 0. The van der Waals surface area contributed by atoms with E-state index < -0.39 is 0 Å². The van der Waals surface area contributed by atoms with E-state index >= 15 is 0 Å². The first kappa shape index (κ1) is 16.4. The van der Waals surface area contributed by atoms with Crippen molar-refractivity contribution >= 4 is 27.5 Å². The van der Waals surface area contributed by atoms with Crippen molar-refractivity contribution in [3.05, 3.63) is 69.5 Å². The Bertz CT molecular complexity index is 900. The Hall–Kier alpha value is -2.47. The molecular weight excluding hydrogens is 368 g/mol. The summed E-state index contributed by atoms with van der Waals surface area (Å²) in [4.78, 5) is 12.5. The molecule has 1 N–H and O–H groups in total. The van der Waals surface area contributed by atoms with E-state index in [-0.39, 0.29) is 5.91 Å². The molecule has 0 aliphatic rings. The minimum atomic E-state index is -0.265. The van der Waals surface area contributed by atoms with E-state index in [0.29, 0.717) is 11.4 Å². The number of carbonyl (C=O) groups is 1. The van der Waals surface area contributed by atoms with Crippen molar-refractivity contribution in [2.45, 2.75) is 20.8 Å². The summed E-state index contributed by atoms with van der Waals surface area (Å²) >= 11 is 3.40. The Morgan fingerprint density at radius 1 is 1.04 bits per heavy atom. The van der Waals surface area contributed by atoms with E-state index in [4.69, 9.17) is 0 Å². The molecule has 24 heavy (non-hydrogen) atoms. The number of nitrogens with one attached hydrogen (secondary N) is 1. The lowest BCUT2D eigenvalue weighted by atomic mass is 10.1. The third-order valence-electron chi connectivity index (χ3n) is 3.95. The number of carbonyl (C=O) groups excluding carboxylic acids is 1. The van der Waals surface area contributed by atoms with Gasteiger partial charge in [-0.15, -0.1) is 5.10 Å². The van der Waals surface area contributed by atoms with Crippen molar-refractivity contribution in [2.24, 2.45) is 0 Å². The van der Waals surface area contributed by atoms with E-state index in [9.17, 15) is 4.79 Å². The predicted molar refractivity (Wildman–Crippen MR) is 97.7 cm³/mol. The number of benzene rings is 2. The lowest BCUT2D eigenvalue weighted by Gasteiger charge is -2.07. The van der Waals surface area contributed by atoms with Gasteiger partial charge in [0.15, 0.2) is 5.69 Å². The Morgan fingerprint density at radius 2 is 1.75 bits per heavy atom. The molecule has 2 aromatic carbocycles. The molecule has 0 spiro atoms. The molecule has 1 aromatic heterocycles. The quantitative estimate of drug-likeness (QED) is 0.735. The Balaban J connectivity index is 1.85. The third kappa shape index (κ3) is 3.23.